The third-order valence-corrected chi connectivity index (χ3v) is 3.39. The van der Waals surface area contributed by atoms with E-state index >= 15 is 0 Å². The Morgan fingerprint density at radius 3 is 2.84 bits per heavy atom. The van der Waals surface area contributed by atoms with Gasteiger partial charge in [-0.3, -0.25) is 4.79 Å². The second-order valence-corrected chi connectivity index (χ2v) is 5.16. The van der Waals surface area contributed by atoms with Gasteiger partial charge in [0.1, 0.15) is 22.1 Å². The number of carbonyl (C=O) groups excluding carboxylic acids is 1. The summed E-state index contributed by atoms with van der Waals surface area (Å²) in [5.41, 5.74) is -0.840. The smallest absolute Gasteiger partial charge is 0.339 e. The predicted molar refractivity (Wildman–Crippen MR) is 70.6 cm³/mol. The number of hydrogen-bond acceptors (Lipinski definition) is 4. The minimum absolute atomic E-state index is 0.0344. The van der Waals surface area contributed by atoms with E-state index in [1.165, 1.54) is 12.1 Å². The van der Waals surface area contributed by atoms with E-state index < -0.39 is 11.5 Å². The van der Waals surface area contributed by atoms with E-state index in [-0.39, 0.29) is 22.4 Å². The van der Waals surface area contributed by atoms with Crippen LogP contribution in [0.2, 0.25) is 5.15 Å². The molecule has 1 amide bonds. The first-order valence-electron chi connectivity index (χ1n) is 5.80. The Morgan fingerprint density at radius 1 is 1.53 bits per heavy atom. The zero-order valence-electron chi connectivity index (χ0n) is 10.6. The number of anilines is 1. The lowest BCUT2D eigenvalue weighted by molar-refractivity contribution is -0.126. The van der Waals surface area contributed by atoms with Gasteiger partial charge in [-0.05, 0) is 26.0 Å². The van der Waals surface area contributed by atoms with E-state index in [9.17, 15) is 14.7 Å². The number of aromatic carboxylic acids is 1. The number of amides is 1. The number of nitrogens with zero attached hydrogens (tertiary/aromatic N) is 2. The molecule has 2 rings (SSSR count). The molecule has 1 aliphatic rings. The van der Waals surface area contributed by atoms with Crippen molar-refractivity contribution >= 4 is 29.3 Å². The summed E-state index contributed by atoms with van der Waals surface area (Å²) in [6, 6.07) is 2.82. The molecule has 0 unspecified atom stereocenters. The van der Waals surface area contributed by atoms with Gasteiger partial charge in [0, 0.05) is 13.1 Å². The third kappa shape index (κ3) is 2.35. The second kappa shape index (κ2) is 4.70. The number of piperazine rings is 1. The predicted octanol–water partition coefficient (Wildman–Crippen LogP) is 1.15. The summed E-state index contributed by atoms with van der Waals surface area (Å²) in [5.74, 6) is -1.04. The highest BCUT2D eigenvalue weighted by molar-refractivity contribution is 6.29. The summed E-state index contributed by atoms with van der Waals surface area (Å²) in [7, 11) is 0. The van der Waals surface area contributed by atoms with Crippen LogP contribution in [0.5, 0.6) is 0 Å². The fourth-order valence-corrected chi connectivity index (χ4v) is 2.21. The average Bonchev–Trinajstić information content (AvgIpc) is 2.32. The van der Waals surface area contributed by atoms with Crippen molar-refractivity contribution in [2.24, 2.45) is 0 Å². The van der Waals surface area contributed by atoms with Gasteiger partial charge in [-0.1, -0.05) is 11.6 Å². The molecule has 1 aromatic heterocycles. The van der Waals surface area contributed by atoms with Crippen molar-refractivity contribution in [1.29, 1.82) is 0 Å². The molecular formula is C12H14ClN3O3. The monoisotopic (exact) mass is 283 g/mol. The summed E-state index contributed by atoms with van der Waals surface area (Å²) in [6.45, 7) is 4.35. The molecule has 0 aliphatic carbocycles. The molecule has 0 radical (unpaired) electrons. The largest absolute Gasteiger partial charge is 0.478 e. The lowest BCUT2D eigenvalue weighted by atomic mass is 9.98. The maximum atomic E-state index is 11.9. The van der Waals surface area contributed by atoms with Crippen molar-refractivity contribution in [1.82, 2.24) is 10.3 Å². The van der Waals surface area contributed by atoms with Gasteiger partial charge in [-0.15, -0.1) is 0 Å². The van der Waals surface area contributed by atoms with Crippen LogP contribution in [0, 0.1) is 0 Å². The number of carboxylic acids is 1. The van der Waals surface area contributed by atoms with Crippen LogP contribution in [0.25, 0.3) is 0 Å². The van der Waals surface area contributed by atoms with Crippen LogP contribution in [0.4, 0.5) is 5.82 Å². The first-order valence-corrected chi connectivity index (χ1v) is 6.17. The molecule has 1 fully saturated rings. The van der Waals surface area contributed by atoms with E-state index in [1.54, 1.807) is 18.7 Å². The maximum Gasteiger partial charge on any atom is 0.339 e. The lowest BCUT2D eigenvalue weighted by Crippen LogP contribution is -2.62. The molecule has 19 heavy (non-hydrogen) atoms. The van der Waals surface area contributed by atoms with Crippen molar-refractivity contribution in [3.05, 3.63) is 22.8 Å². The summed E-state index contributed by atoms with van der Waals surface area (Å²) >= 11 is 5.84. The van der Waals surface area contributed by atoms with Gasteiger partial charge in [0.15, 0.2) is 0 Å². The molecule has 0 aromatic carbocycles. The number of nitrogens with one attached hydrogen (secondary N) is 1. The molecule has 1 aliphatic heterocycles. The van der Waals surface area contributed by atoms with Crippen LogP contribution in [0.3, 0.4) is 0 Å². The first-order chi connectivity index (χ1) is 8.84. The molecule has 2 N–H and O–H groups in total. The second-order valence-electron chi connectivity index (χ2n) is 4.78. The van der Waals surface area contributed by atoms with Crippen LogP contribution in [0.15, 0.2) is 12.1 Å². The van der Waals surface area contributed by atoms with Gasteiger partial charge in [-0.2, -0.15) is 0 Å². The minimum Gasteiger partial charge on any atom is -0.478 e. The van der Waals surface area contributed by atoms with E-state index in [1.807, 2.05) is 0 Å². The quantitative estimate of drug-likeness (QED) is 0.796. The number of pyridine rings is 1. The van der Waals surface area contributed by atoms with Crippen LogP contribution in [0.1, 0.15) is 24.2 Å². The molecule has 102 valence electrons. The van der Waals surface area contributed by atoms with Crippen molar-refractivity contribution < 1.29 is 14.7 Å². The Hall–Kier alpha value is -1.82. The molecule has 6 nitrogen and oxygen atoms in total. The van der Waals surface area contributed by atoms with Crippen LogP contribution in [-0.2, 0) is 4.79 Å². The van der Waals surface area contributed by atoms with Crippen molar-refractivity contribution in [2.75, 3.05) is 18.0 Å². The molecular weight excluding hydrogens is 270 g/mol. The van der Waals surface area contributed by atoms with Gasteiger partial charge in [0.2, 0.25) is 5.91 Å². The van der Waals surface area contributed by atoms with E-state index in [4.69, 9.17) is 11.6 Å². The summed E-state index contributed by atoms with van der Waals surface area (Å²) in [4.78, 5) is 28.9. The number of hydrogen-bond donors (Lipinski definition) is 2. The fourth-order valence-electron chi connectivity index (χ4n) is 2.07. The average molecular weight is 284 g/mol. The zero-order valence-corrected chi connectivity index (χ0v) is 11.4. The van der Waals surface area contributed by atoms with E-state index in [2.05, 4.69) is 10.3 Å². The lowest BCUT2D eigenvalue weighted by Gasteiger charge is -2.42. The standard InChI is InChI=1S/C12H14ClN3O3/c1-12(2)11(19)14-5-6-16(12)9-7(10(17)18)3-4-8(13)15-9/h3-4H,5-6H2,1-2H3,(H,14,19)(H,17,18). The van der Waals surface area contributed by atoms with Crippen LogP contribution >= 0.6 is 11.6 Å². The summed E-state index contributed by atoms with van der Waals surface area (Å²) in [5, 5.41) is 12.2. The molecule has 1 aromatic rings. The molecule has 0 atom stereocenters. The highest BCUT2D eigenvalue weighted by atomic mass is 35.5. The Balaban J connectivity index is 2.54. The Kier molecular flexibility index (Phi) is 3.36. The molecule has 0 bridgehead atoms. The van der Waals surface area contributed by atoms with Gasteiger partial charge < -0.3 is 15.3 Å². The Bertz CT molecular complexity index is 545. The SMILES string of the molecule is CC1(C)C(=O)NCCN1c1nc(Cl)ccc1C(=O)O. The highest BCUT2D eigenvalue weighted by Gasteiger charge is 2.39. The number of carboxylic acid groups (broad SMARTS) is 1. The van der Waals surface area contributed by atoms with Crippen molar-refractivity contribution in [3.8, 4) is 0 Å². The number of rotatable bonds is 2. The van der Waals surface area contributed by atoms with Gasteiger partial charge >= 0.3 is 5.97 Å². The molecule has 2 heterocycles. The first kappa shape index (κ1) is 13.6. The van der Waals surface area contributed by atoms with Gasteiger partial charge in [0.25, 0.3) is 0 Å². The van der Waals surface area contributed by atoms with Gasteiger partial charge in [0.05, 0.1) is 0 Å². The van der Waals surface area contributed by atoms with E-state index in [0.717, 1.165) is 0 Å². The maximum absolute atomic E-state index is 11.9. The summed E-state index contributed by atoms with van der Waals surface area (Å²) in [6.07, 6.45) is 0. The van der Waals surface area contributed by atoms with Crippen molar-refractivity contribution in [3.63, 3.8) is 0 Å². The van der Waals surface area contributed by atoms with Crippen molar-refractivity contribution in [2.45, 2.75) is 19.4 Å². The van der Waals surface area contributed by atoms with Crippen LogP contribution in [-0.4, -0.2) is 40.6 Å². The summed E-state index contributed by atoms with van der Waals surface area (Å²) < 4.78 is 0. The number of halogens is 1. The normalized spacial score (nSPS) is 18.1. The number of aromatic nitrogens is 1. The molecule has 0 spiro atoms. The highest BCUT2D eigenvalue weighted by Crippen LogP contribution is 2.28. The Labute approximate surface area is 115 Å². The fraction of sp³-hybridized carbons (Fsp3) is 0.417. The topological polar surface area (TPSA) is 82.5 Å². The zero-order chi connectivity index (χ0) is 14.2. The molecule has 0 saturated carbocycles. The molecule has 7 heteroatoms. The van der Waals surface area contributed by atoms with Crippen LogP contribution < -0.4 is 10.2 Å². The number of carbonyl (C=O) groups is 2. The van der Waals surface area contributed by atoms with E-state index in [0.29, 0.717) is 13.1 Å². The Morgan fingerprint density at radius 2 is 2.21 bits per heavy atom. The third-order valence-electron chi connectivity index (χ3n) is 3.18. The minimum atomic E-state index is -1.10. The van der Waals surface area contributed by atoms with Gasteiger partial charge in [-0.25, -0.2) is 9.78 Å². The molecule has 1 saturated heterocycles.